The SMILES string of the molecule is CCC(CCC(COC(N)=O)c1ccc(C)cc1)N(C(=O)c1ccc(/C(=C/O)CO)cc1)C1CC1. The molecule has 0 saturated heterocycles. The molecule has 0 bridgehead atoms. The number of rotatable bonds is 12. The first-order chi connectivity index (χ1) is 16.9. The largest absolute Gasteiger partial charge is 0.515 e. The second-order valence-electron chi connectivity index (χ2n) is 9.21. The highest BCUT2D eigenvalue weighted by Gasteiger charge is 2.37. The van der Waals surface area contributed by atoms with Crippen LogP contribution in [0.15, 0.2) is 54.8 Å². The van der Waals surface area contributed by atoms with Crippen LogP contribution in [0.5, 0.6) is 0 Å². The number of hydrogen-bond acceptors (Lipinski definition) is 5. The van der Waals surface area contributed by atoms with Crippen LogP contribution < -0.4 is 5.73 Å². The van der Waals surface area contributed by atoms with E-state index in [0.717, 1.165) is 49.5 Å². The molecule has 4 N–H and O–H groups in total. The molecule has 7 nitrogen and oxygen atoms in total. The second kappa shape index (κ2) is 12.4. The van der Waals surface area contributed by atoms with Gasteiger partial charge in [-0.15, -0.1) is 0 Å². The third-order valence-electron chi connectivity index (χ3n) is 6.69. The molecule has 3 rings (SSSR count). The molecule has 1 aliphatic carbocycles. The van der Waals surface area contributed by atoms with E-state index in [0.29, 0.717) is 16.7 Å². The van der Waals surface area contributed by atoms with E-state index in [1.165, 1.54) is 0 Å². The maximum Gasteiger partial charge on any atom is 0.404 e. The molecule has 0 aliphatic heterocycles. The number of primary amides is 1. The first kappa shape index (κ1) is 26.3. The molecule has 7 heteroatoms. The van der Waals surface area contributed by atoms with Crippen molar-refractivity contribution in [2.75, 3.05) is 13.2 Å². The van der Waals surface area contributed by atoms with Gasteiger partial charge in [-0.25, -0.2) is 4.79 Å². The molecular formula is C28H36N2O5. The number of amides is 2. The van der Waals surface area contributed by atoms with Crippen molar-refractivity contribution in [3.05, 3.63) is 77.0 Å². The molecule has 1 fully saturated rings. The van der Waals surface area contributed by atoms with Crippen LogP contribution in [0.3, 0.4) is 0 Å². The lowest BCUT2D eigenvalue weighted by atomic mass is 9.91. The van der Waals surface area contributed by atoms with Crippen molar-refractivity contribution in [2.24, 2.45) is 5.73 Å². The van der Waals surface area contributed by atoms with Crippen LogP contribution >= 0.6 is 0 Å². The minimum Gasteiger partial charge on any atom is -0.515 e. The highest BCUT2D eigenvalue weighted by molar-refractivity contribution is 5.95. The van der Waals surface area contributed by atoms with E-state index >= 15 is 0 Å². The number of hydrogen-bond donors (Lipinski definition) is 3. The molecule has 0 radical (unpaired) electrons. The van der Waals surface area contributed by atoms with E-state index < -0.39 is 6.09 Å². The fourth-order valence-corrected chi connectivity index (χ4v) is 4.47. The smallest absolute Gasteiger partial charge is 0.404 e. The summed E-state index contributed by atoms with van der Waals surface area (Å²) in [5.74, 6) is -0.0144. The molecule has 2 atom stereocenters. The Morgan fingerprint density at radius 3 is 2.23 bits per heavy atom. The van der Waals surface area contributed by atoms with Crippen LogP contribution in [-0.2, 0) is 4.74 Å². The summed E-state index contributed by atoms with van der Waals surface area (Å²) in [7, 11) is 0. The Hall–Kier alpha value is -3.32. The molecule has 2 aromatic carbocycles. The number of carbonyl (C=O) groups excluding carboxylic acids is 2. The number of aryl methyl sites for hydroxylation is 1. The molecule has 1 aliphatic rings. The molecule has 188 valence electrons. The number of ether oxygens (including phenoxy) is 1. The summed E-state index contributed by atoms with van der Waals surface area (Å²) in [4.78, 5) is 26.8. The first-order valence-corrected chi connectivity index (χ1v) is 12.2. The zero-order valence-corrected chi connectivity index (χ0v) is 20.5. The fraction of sp³-hybridized carbons (Fsp3) is 0.429. The van der Waals surface area contributed by atoms with Gasteiger partial charge in [0.2, 0.25) is 0 Å². The van der Waals surface area contributed by atoms with Crippen molar-refractivity contribution in [1.82, 2.24) is 4.90 Å². The van der Waals surface area contributed by atoms with Gasteiger partial charge in [0.1, 0.15) is 6.61 Å². The normalized spacial score (nSPS) is 15.3. The third-order valence-corrected chi connectivity index (χ3v) is 6.69. The van der Waals surface area contributed by atoms with Gasteiger partial charge >= 0.3 is 6.09 Å². The number of benzene rings is 2. The van der Waals surface area contributed by atoms with Gasteiger partial charge in [0.25, 0.3) is 5.91 Å². The van der Waals surface area contributed by atoms with Gasteiger partial charge in [0, 0.05) is 29.1 Å². The van der Waals surface area contributed by atoms with E-state index in [1.807, 2.05) is 24.0 Å². The molecule has 2 unspecified atom stereocenters. The molecule has 2 amide bonds. The minimum atomic E-state index is -0.784. The standard InChI is InChI=1S/C28H36N2O5/c1-3-25(13-12-23(18-35-28(29)34)20-6-4-19(2)5-7-20)30(26-14-15-26)27(33)22-10-8-21(9-11-22)24(16-31)17-32/h4-11,16,23,25-26,31-32H,3,12-15,17-18H2,1-2H3,(H2,29,34)/b24-16+. The summed E-state index contributed by atoms with van der Waals surface area (Å²) in [6.07, 6.45) is 4.44. The van der Waals surface area contributed by atoms with Crippen LogP contribution in [-0.4, -0.2) is 52.4 Å². The number of nitrogens with two attached hydrogens (primary N) is 1. The molecule has 0 aromatic heterocycles. The van der Waals surface area contributed by atoms with Crippen LogP contribution in [0.2, 0.25) is 0 Å². The van der Waals surface area contributed by atoms with Crippen molar-refractivity contribution in [2.45, 2.75) is 64.0 Å². The number of nitrogens with zero attached hydrogens (tertiary/aromatic N) is 1. The van der Waals surface area contributed by atoms with Crippen molar-refractivity contribution in [3.63, 3.8) is 0 Å². The summed E-state index contributed by atoms with van der Waals surface area (Å²) in [5.41, 5.74) is 9.13. The first-order valence-electron chi connectivity index (χ1n) is 12.2. The number of aliphatic hydroxyl groups is 2. The maximum absolute atomic E-state index is 13.5. The van der Waals surface area contributed by atoms with E-state index in [9.17, 15) is 19.8 Å². The maximum atomic E-state index is 13.5. The van der Waals surface area contributed by atoms with Crippen LogP contribution in [0, 0.1) is 6.92 Å². The van der Waals surface area contributed by atoms with Gasteiger partial charge in [0.05, 0.1) is 12.9 Å². The minimum absolute atomic E-state index is 0.00485. The molecule has 35 heavy (non-hydrogen) atoms. The lowest BCUT2D eigenvalue weighted by molar-refractivity contribution is 0.0636. The Kier molecular flexibility index (Phi) is 9.32. The van der Waals surface area contributed by atoms with Gasteiger partial charge in [-0.05, 0) is 62.3 Å². The second-order valence-corrected chi connectivity index (χ2v) is 9.21. The predicted molar refractivity (Wildman–Crippen MR) is 136 cm³/mol. The van der Waals surface area contributed by atoms with Crippen LogP contribution in [0.4, 0.5) is 4.79 Å². The van der Waals surface area contributed by atoms with Crippen LogP contribution in [0.1, 0.15) is 72.0 Å². The quantitative estimate of drug-likeness (QED) is 0.373. The Balaban J connectivity index is 1.75. The summed E-state index contributed by atoms with van der Waals surface area (Å²) in [6, 6.07) is 15.5. The summed E-state index contributed by atoms with van der Waals surface area (Å²) < 4.78 is 5.16. The Labute approximate surface area is 207 Å². The summed E-state index contributed by atoms with van der Waals surface area (Å²) >= 11 is 0. The lowest BCUT2D eigenvalue weighted by Gasteiger charge is -2.33. The Morgan fingerprint density at radius 2 is 1.71 bits per heavy atom. The average Bonchev–Trinajstić information content (AvgIpc) is 3.70. The topological polar surface area (TPSA) is 113 Å². The highest BCUT2D eigenvalue weighted by atomic mass is 16.5. The molecule has 0 heterocycles. The van der Waals surface area contributed by atoms with Gasteiger partial charge < -0.3 is 25.6 Å². The fourth-order valence-electron chi connectivity index (χ4n) is 4.47. The van der Waals surface area contributed by atoms with Crippen molar-refractivity contribution >= 4 is 17.6 Å². The highest BCUT2D eigenvalue weighted by Crippen LogP contribution is 2.34. The molecule has 0 spiro atoms. The summed E-state index contributed by atoms with van der Waals surface area (Å²) in [5, 5.41) is 18.6. The van der Waals surface area contributed by atoms with Crippen molar-refractivity contribution in [3.8, 4) is 0 Å². The van der Waals surface area contributed by atoms with Gasteiger partial charge in [0.15, 0.2) is 0 Å². The van der Waals surface area contributed by atoms with E-state index in [4.69, 9.17) is 10.5 Å². The van der Waals surface area contributed by atoms with E-state index in [-0.39, 0.29) is 37.1 Å². The Morgan fingerprint density at radius 1 is 1.09 bits per heavy atom. The van der Waals surface area contributed by atoms with E-state index in [2.05, 4.69) is 19.1 Å². The monoisotopic (exact) mass is 480 g/mol. The molecular weight excluding hydrogens is 444 g/mol. The Bertz CT molecular complexity index is 1010. The van der Waals surface area contributed by atoms with Crippen LogP contribution in [0.25, 0.3) is 5.57 Å². The third kappa shape index (κ3) is 7.09. The lowest BCUT2D eigenvalue weighted by Crippen LogP contribution is -2.42. The summed E-state index contributed by atoms with van der Waals surface area (Å²) in [6.45, 7) is 4.05. The average molecular weight is 481 g/mol. The van der Waals surface area contributed by atoms with Gasteiger partial charge in [-0.3, -0.25) is 4.79 Å². The van der Waals surface area contributed by atoms with Crippen molar-refractivity contribution in [1.29, 1.82) is 0 Å². The van der Waals surface area contributed by atoms with E-state index in [1.54, 1.807) is 24.3 Å². The zero-order valence-electron chi connectivity index (χ0n) is 20.5. The van der Waals surface area contributed by atoms with Crippen molar-refractivity contribution < 1.29 is 24.5 Å². The predicted octanol–water partition coefficient (Wildman–Crippen LogP) is 4.93. The number of carbonyl (C=O) groups is 2. The molecule has 1 saturated carbocycles. The number of aliphatic hydroxyl groups excluding tert-OH is 2. The van der Waals surface area contributed by atoms with Gasteiger partial charge in [-0.2, -0.15) is 0 Å². The van der Waals surface area contributed by atoms with Gasteiger partial charge in [-0.1, -0.05) is 48.9 Å². The molecule has 2 aromatic rings. The zero-order chi connectivity index (χ0) is 25.4.